The van der Waals surface area contributed by atoms with Crippen molar-refractivity contribution in [3.63, 3.8) is 0 Å². The minimum Gasteiger partial charge on any atom is -0.355 e. The highest BCUT2D eigenvalue weighted by atomic mass is 19.1. The summed E-state index contributed by atoms with van der Waals surface area (Å²) >= 11 is 0. The van der Waals surface area contributed by atoms with E-state index in [-0.39, 0.29) is 24.3 Å². The van der Waals surface area contributed by atoms with Gasteiger partial charge in [-0.05, 0) is 30.7 Å². The molecule has 1 aromatic rings. The molecule has 0 aliphatic heterocycles. The molecule has 1 atom stereocenters. The molecule has 0 bridgehead atoms. The number of nitrogens with two attached hydrogens (primary N) is 1. The maximum Gasteiger partial charge on any atom is 0.234 e. The number of carbonyl (C=O) groups is 1. The Morgan fingerprint density at radius 1 is 1.45 bits per heavy atom. The standard InChI is InChI=1S/C15H24FN3O/c1-11(2)9-18-15(20)10-19(3)14(8-17)12-5-4-6-13(16)7-12/h4-7,11,14H,8-10,17H2,1-3H3,(H,18,20). The number of benzene rings is 1. The van der Waals surface area contributed by atoms with Crippen LogP contribution in [0.5, 0.6) is 0 Å². The molecule has 0 spiro atoms. The van der Waals surface area contributed by atoms with E-state index in [0.717, 1.165) is 5.56 Å². The fourth-order valence-electron chi connectivity index (χ4n) is 1.99. The SMILES string of the molecule is CC(C)CNC(=O)CN(C)C(CN)c1cccc(F)c1. The van der Waals surface area contributed by atoms with Gasteiger partial charge in [-0.25, -0.2) is 4.39 Å². The van der Waals surface area contributed by atoms with Crippen molar-refractivity contribution in [3.05, 3.63) is 35.6 Å². The van der Waals surface area contributed by atoms with E-state index in [1.54, 1.807) is 6.07 Å². The smallest absolute Gasteiger partial charge is 0.234 e. The molecule has 0 fully saturated rings. The van der Waals surface area contributed by atoms with E-state index >= 15 is 0 Å². The summed E-state index contributed by atoms with van der Waals surface area (Å²) in [6.07, 6.45) is 0. The summed E-state index contributed by atoms with van der Waals surface area (Å²) in [7, 11) is 1.82. The lowest BCUT2D eigenvalue weighted by atomic mass is 10.1. The van der Waals surface area contributed by atoms with Gasteiger partial charge in [0.25, 0.3) is 0 Å². The second kappa shape index (κ2) is 7.97. The molecule has 20 heavy (non-hydrogen) atoms. The second-order valence-corrected chi connectivity index (χ2v) is 5.42. The number of halogens is 1. The Bertz CT molecular complexity index is 437. The van der Waals surface area contributed by atoms with Gasteiger partial charge in [0.05, 0.1) is 6.54 Å². The number of nitrogens with one attached hydrogen (secondary N) is 1. The Hall–Kier alpha value is -1.46. The number of amides is 1. The van der Waals surface area contributed by atoms with Gasteiger partial charge in [-0.1, -0.05) is 26.0 Å². The molecular weight excluding hydrogens is 257 g/mol. The topological polar surface area (TPSA) is 58.4 Å². The zero-order valence-electron chi connectivity index (χ0n) is 12.4. The largest absolute Gasteiger partial charge is 0.355 e. The van der Waals surface area contributed by atoms with Gasteiger partial charge in [0.2, 0.25) is 5.91 Å². The lowest BCUT2D eigenvalue weighted by Crippen LogP contribution is -2.40. The fraction of sp³-hybridized carbons (Fsp3) is 0.533. The highest BCUT2D eigenvalue weighted by molar-refractivity contribution is 5.78. The summed E-state index contributed by atoms with van der Waals surface area (Å²) in [6.45, 7) is 5.31. The van der Waals surface area contributed by atoms with Gasteiger partial charge in [0.1, 0.15) is 5.82 Å². The summed E-state index contributed by atoms with van der Waals surface area (Å²) in [5.41, 5.74) is 6.54. The first-order valence-electron chi connectivity index (χ1n) is 6.86. The van der Waals surface area contributed by atoms with Crippen molar-refractivity contribution < 1.29 is 9.18 Å². The van der Waals surface area contributed by atoms with Crippen LogP contribution in [-0.4, -0.2) is 37.5 Å². The van der Waals surface area contributed by atoms with Crippen LogP contribution >= 0.6 is 0 Å². The molecule has 1 rings (SSSR count). The van der Waals surface area contributed by atoms with Crippen LogP contribution in [-0.2, 0) is 4.79 Å². The number of rotatable bonds is 7. The lowest BCUT2D eigenvalue weighted by molar-refractivity contribution is -0.122. The van der Waals surface area contributed by atoms with Gasteiger partial charge < -0.3 is 11.1 Å². The summed E-state index contributed by atoms with van der Waals surface area (Å²) < 4.78 is 13.3. The lowest BCUT2D eigenvalue weighted by Gasteiger charge is -2.27. The third kappa shape index (κ3) is 5.27. The molecule has 112 valence electrons. The van der Waals surface area contributed by atoms with E-state index in [1.165, 1.54) is 12.1 Å². The van der Waals surface area contributed by atoms with Crippen LogP contribution in [0.3, 0.4) is 0 Å². The monoisotopic (exact) mass is 281 g/mol. The first kappa shape index (κ1) is 16.6. The quantitative estimate of drug-likeness (QED) is 0.797. The van der Waals surface area contributed by atoms with Crippen molar-refractivity contribution >= 4 is 5.91 Å². The Kier molecular flexibility index (Phi) is 6.61. The third-order valence-electron chi connectivity index (χ3n) is 3.09. The maximum absolute atomic E-state index is 13.3. The predicted molar refractivity (Wildman–Crippen MR) is 78.7 cm³/mol. The molecule has 1 amide bonds. The number of carbonyl (C=O) groups excluding carboxylic acids is 1. The zero-order valence-corrected chi connectivity index (χ0v) is 12.4. The average Bonchev–Trinajstić information content (AvgIpc) is 2.37. The van der Waals surface area contributed by atoms with Crippen LogP contribution in [0, 0.1) is 11.7 Å². The summed E-state index contributed by atoms with van der Waals surface area (Å²) in [5, 5.41) is 2.86. The molecule has 4 nitrogen and oxygen atoms in total. The van der Waals surface area contributed by atoms with E-state index in [9.17, 15) is 9.18 Å². The predicted octanol–water partition coefficient (Wildman–Crippen LogP) is 1.53. The van der Waals surface area contributed by atoms with Crippen LogP contribution < -0.4 is 11.1 Å². The van der Waals surface area contributed by atoms with Crippen LogP contribution in [0.1, 0.15) is 25.5 Å². The molecule has 1 aromatic carbocycles. The summed E-state index contributed by atoms with van der Waals surface area (Å²) in [5.74, 6) is 0.0763. The molecule has 0 aliphatic rings. The highest BCUT2D eigenvalue weighted by Crippen LogP contribution is 2.18. The van der Waals surface area contributed by atoms with Gasteiger partial charge in [0.15, 0.2) is 0 Å². The van der Waals surface area contributed by atoms with Crippen molar-refractivity contribution in [1.29, 1.82) is 0 Å². The molecule has 0 aliphatic carbocycles. The summed E-state index contributed by atoms with van der Waals surface area (Å²) in [6, 6.07) is 6.16. The van der Waals surface area contributed by atoms with Crippen molar-refractivity contribution in [2.45, 2.75) is 19.9 Å². The molecule has 5 heteroatoms. The minimum absolute atomic E-state index is 0.0453. The summed E-state index contributed by atoms with van der Waals surface area (Å²) in [4.78, 5) is 13.6. The van der Waals surface area contributed by atoms with E-state index in [1.807, 2.05) is 31.9 Å². The maximum atomic E-state index is 13.3. The van der Waals surface area contributed by atoms with Crippen molar-refractivity contribution in [3.8, 4) is 0 Å². The van der Waals surface area contributed by atoms with E-state index in [2.05, 4.69) is 5.32 Å². The van der Waals surface area contributed by atoms with Gasteiger partial charge in [-0.2, -0.15) is 0 Å². The molecule has 0 saturated carbocycles. The molecule has 0 aromatic heterocycles. The average molecular weight is 281 g/mol. The number of likely N-dealkylation sites (N-methyl/N-ethyl adjacent to an activating group) is 1. The van der Waals surface area contributed by atoms with Gasteiger partial charge in [-0.15, -0.1) is 0 Å². The normalized spacial score (nSPS) is 12.8. The third-order valence-corrected chi connectivity index (χ3v) is 3.09. The van der Waals surface area contributed by atoms with Gasteiger partial charge >= 0.3 is 0 Å². The van der Waals surface area contributed by atoms with Crippen LogP contribution in [0.2, 0.25) is 0 Å². The van der Waals surface area contributed by atoms with Gasteiger partial charge in [-0.3, -0.25) is 9.69 Å². The molecule has 0 heterocycles. The second-order valence-electron chi connectivity index (χ2n) is 5.42. The molecule has 1 unspecified atom stereocenters. The zero-order chi connectivity index (χ0) is 15.1. The van der Waals surface area contributed by atoms with Crippen molar-refractivity contribution in [1.82, 2.24) is 10.2 Å². The first-order chi connectivity index (χ1) is 9.43. The number of hydrogen-bond acceptors (Lipinski definition) is 3. The van der Waals surface area contributed by atoms with Crippen LogP contribution in [0.15, 0.2) is 24.3 Å². The Morgan fingerprint density at radius 3 is 2.70 bits per heavy atom. The Balaban J connectivity index is 2.63. The molecule has 0 radical (unpaired) electrons. The number of nitrogens with zero attached hydrogens (tertiary/aromatic N) is 1. The van der Waals surface area contributed by atoms with Gasteiger partial charge in [0, 0.05) is 19.1 Å². The van der Waals surface area contributed by atoms with E-state index in [0.29, 0.717) is 19.0 Å². The van der Waals surface area contributed by atoms with E-state index < -0.39 is 0 Å². The molecule has 3 N–H and O–H groups in total. The van der Waals surface area contributed by atoms with E-state index in [4.69, 9.17) is 5.73 Å². The number of hydrogen-bond donors (Lipinski definition) is 2. The Morgan fingerprint density at radius 2 is 2.15 bits per heavy atom. The molecule has 0 saturated heterocycles. The van der Waals surface area contributed by atoms with Crippen LogP contribution in [0.4, 0.5) is 4.39 Å². The Labute approximate surface area is 120 Å². The highest BCUT2D eigenvalue weighted by Gasteiger charge is 2.18. The molecular formula is C15H24FN3O. The minimum atomic E-state index is -0.293. The van der Waals surface area contributed by atoms with Crippen molar-refractivity contribution in [2.75, 3.05) is 26.7 Å². The fourth-order valence-corrected chi connectivity index (χ4v) is 1.99. The first-order valence-corrected chi connectivity index (χ1v) is 6.86. The van der Waals surface area contributed by atoms with Crippen LogP contribution in [0.25, 0.3) is 0 Å². The van der Waals surface area contributed by atoms with Crippen molar-refractivity contribution in [2.24, 2.45) is 11.7 Å².